The van der Waals surface area contributed by atoms with E-state index in [1.54, 1.807) is 13.3 Å². The van der Waals surface area contributed by atoms with E-state index in [-0.39, 0.29) is 11.9 Å². The Labute approximate surface area is 211 Å². The fraction of sp³-hybridized carbons (Fsp3) is 0.500. The molecule has 0 spiro atoms. The number of aromatic amines is 1. The molecule has 5 rings (SSSR count). The number of aryl methyl sites for hydroxylation is 2. The summed E-state index contributed by atoms with van der Waals surface area (Å²) in [6, 6.07) is 10.0. The quantitative estimate of drug-likeness (QED) is 0.518. The van der Waals surface area contributed by atoms with Crippen LogP contribution < -0.4 is 15.1 Å². The van der Waals surface area contributed by atoms with Crippen LogP contribution in [-0.2, 0) is 16.0 Å². The number of methoxy groups -OCH3 is 1. The third-order valence-corrected chi connectivity index (χ3v) is 7.17. The van der Waals surface area contributed by atoms with Crippen molar-refractivity contribution in [1.29, 1.82) is 0 Å². The van der Waals surface area contributed by atoms with Crippen LogP contribution in [0.25, 0.3) is 0 Å². The Balaban J connectivity index is 1.20. The number of hydrogen-bond donors (Lipinski definition) is 2. The number of rotatable bonds is 7. The average molecular weight is 491 g/mol. The van der Waals surface area contributed by atoms with Gasteiger partial charge in [-0.05, 0) is 44.5 Å². The molecule has 2 aliphatic rings. The minimum absolute atomic E-state index is 0.0303. The highest BCUT2D eigenvalue weighted by molar-refractivity contribution is 5.86. The largest absolute Gasteiger partial charge is 0.368 e. The summed E-state index contributed by atoms with van der Waals surface area (Å²) >= 11 is 0. The lowest BCUT2D eigenvalue weighted by molar-refractivity contribution is -0.146. The highest BCUT2D eigenvalue weighted by Crippen LogP contribution is 2.29. The first-order valence-corrected chi connectivity index (χ1v) is 12.6. The minimum atomic E-state index is -0.839. The van der Waals surface area contributed by atoms with E-state index in [0.717, 1.165) is 48.1 Å². The Morgan fingerprint density at radius 3 is 2.67 bits per heavy atom. The summed E-state index contributed by atoms with van der Waals surface area (Å²) in [5.41, 5.74) is 3.00. The van der Waals surface area contributed by atoms with Crippen molar-refractivity contribution in [2.24, 2.45) is 0 Å². The maximum Gasteiger partial charge on any atom is 0.252 e. The van der Waals surface area contributed by atoms with Crippen LogP contribution >= 0.6 is 0 Å². The fourth-order valence-electron chi connectivity index (χ4n) is 5.14. The van der Waals surface area contributed by atoms with Gasteiger partial charge in [-0.3, -0.25) is 9.89 Å². The maximum absolute atomic E-state index is 13.4. The molecule has 10 heteroatoms. The third kappa shape index (κ3) is 5.18. The molecule has 0 unspecified atom stereocenters. The molecule has 3 aromatic rings. The predicted octanol–water partition coefficient (Wildman–Crippen LogP) is 2.18. The molecule has 0 radical (unpaired) electrons. The molecule has 5 heterocycles. The van der Waals surface area contributed by atoms with Gasteiger partial charge in [0.2, 0.25) is 5.95 Å². The van der Waals surface area contributed by atoms with E-state index in [2.05, 4.69) is 35.3 Å². The molecule has 10 nitrogen and oxygen atoms in total. The van der Waals surface area contributed by atoms with E-state index in [4.69, 9.17) is 9.72 Å². The maximum atomic E-state index is 13.4. The van der Waals surface area contributed by atoms with Crippen LogP contribution in [0.1, 0.15) is 42.0 Å². The summed E-state index contributed by atoms with van der Waals surface area (Å²) in [6.45, 7) is 6.90. The van der Waals surface area contributed by atoms with Crippen molar-refractivity contribution < 1.29 is 9.53 Å². The van der Waals surface area contributed by atoms with Gasteiger partial charge in [0, 0.05) is 76.2 Å². The molecule has 36 heavy (non-hydrogen) atoms. The first kappa shape index (κ1) is 24.2. The third-order valence-electron chi connectivity index (χ3n) is 7.17. The van der Waals surface area contributed by atoms with Crippen molar-refractivity contribution in [3.05, 3.63) is 59.3 Å². The first-order valence-electron chi connectivity index (χ1n) is 12.6. The van der Waals surface area contributed by atoms with Crippen LogP contribution in [0.15, 0.2) is 36.5 Å². The van der Waals surface area contributed by atoms with Gasteiger partial charge >= 0.3 is 0 Å². The van der Waals surface area contributed by atoms with Gasteiger partial charge in [0.25, 0.3) is 5.91 Å². The van der Waals surface area contributed by atoms with Crippen molar-refractivity contribution in [3.63, 3.8) is 0 Å². The van der Waals surface area contributed by atoms with E-state index in [9.17, 15) is 4.79 Å². The minimum Gasteiger partial charge on any atom is -0.368 e. The zero-order chi connectivity index (χ0) is 25.1. The van der Waals surface area contributed by atoms with Gasteiger partial charge in [0.05, 0.1) is 11.4 Å². The second kappa shape index (κ2) is 10.2. The molecule has 0 bridgehead atoms. The SMILES string of the molecule is COC1(C(=O)N[C@@H]2CCN(c3ccccn3)C2)CCN(c2nc(C)cc(Cc3cc(C)[nH]n3)n2)CC1. The molecule has 190 valence electrons. The number of aromatic nitrogens is 5. The van der Waals surface area contributed by atoms with Crippen molar-refractivity contribution >= 4 is 17.7 Å². The normalized spacial score (nSPS) is 19.5. The number of amides is 1. The van der Waals surface area contributed by atoms with Crippen LogP contribution in [0.5, 0.6) is 0 Å². The monoisotopic (exact) mass is 490 g/mol. The molecular weight excluding hydrogens is 456 g/mol. The number of piperidine rings is 1. The zero-order valence-corrected chi connectivity index (χ0v) is 21.2. The Hall–Kier alpha value is -3.53. The van der Waals surface area contributed by atoms with Crippen LogP contribution in [0.3, 0.4) is 0 Å². The van der Waals surface area contributed by atoms with E-state index in [0.29, 0.717) is 38.3 Å². The number of pyridine rings is 1. The number of hydrogen-bond acceptors (Lipinski definition) is 8. The molecule has 0 aliphatic carbocycles. The van der Waals surface area contributed by atoms with Gasteiger partial charge < -0.3 is 19.9 Å². The van der Waals surface area contributed by atoms with Gasteiger partial charge in [-0.2, -0.15) is 5.10 Å². The lowest BCUT2D eigenvalue weighted by atomic mass is 9.89. The highest BCUT2D eigenvalue weighted by Gasteiger charge is 2.43. The molecule has 0 saturated carbocycles. The van der Waals surface area contributed by atoms with Gasteiger partial charge in [0.1, 0.15) is 11.4 Å². The average Bonchev–Trinajstić information content (AvgIpc) is 3.53. The Bertz CT molecular complexity index is 1190. The smallest absolute Gasteiger partial charge is 0.252 e. The van der Waals surface area contributed by atoms with Crippen molar-refractivity contribution in [3.8, 4) is 0 Å². The Morgan fingerprint density at radius 2 is 1.97 bits per heavy atom. The molecule has 1 atom stereocenters. The van der Waals surface area contributed by atoms with E-state index in [1.807, 2.05) is 44.2 Å². The topological polar surface area (TPSA) is 112 Å². The van der Waals surface area contributed by atoms with Crippen LogP contribution in [0.4, 0.5) is 11.8 Å². The second-order valence-corrected chi connectivity index (χ2v) is 9.80. The van der Waals surface area contributed by atoms with Gasteiger partial charge in [0.15, 0.2) is 0 Å². The number of H-pyrrole nitrogens is 1. The second-order valence-electron chi connectivity index (χ2n) is 9.80. The number of nitrogens with zero attached hydrogens (tertiary/aromatic N) is 6. The Morgan fingerprint density at radius 1 is 1.14 bits per heavy atom. The van der Waals surface area contributed by atoms with Gasteiger partial charge in [-0.1, -0.05) is 6.07 Å². The first-order chi connectivity index (χ1) is 17.4. The summed E-state index contributed by atoms with van der Waals surface area (Å²) in [7, 11) is 1.64. The van der Waals surface area contributed by atoms with E-state index < -0.39 is 5.60 Å². The van der Waals surface area contributed by atoms with Crippen LogP contribution in [0.2, 0.25) is 0 Å². The summed E-state index contributed by atoms with van der Waals surface area (Å²) in [5.74, 6) is 1.62. The molecule has 2 N–H and O–H groups in total. The molecule has 2 saturated heterocycles. The molecule has 3 aromatic heterocycles. The van der Waals surface area contributed by atoms with Crippen LogP contribution in [-0.4, -0.2) is 76.0 Å². The summed E-state index contributed by atoms with van der Waals surface area (Å²) in [6.07, 6.45) is 4.50. The molecule has 1 amide bonds. The molecule has 2 aliphatic heterocycles. The lowest BCUT2D eigenvalue weighted by Crippen LogP contribution is -2.57. The van der Waals surface area contributed by atoms with Crippen molar-refractivity contribution in [2.75, 3.05) is 43.1 Å². The predicted molar refractivity (Wildman–Crippen MR) is 137 cm³/mol. The standard InChI is InChI=1S/C26H34N8O2/c1-18-14-21(16-22-15-19(2)31-32-22)30-25(28-18)33-12-8-26(36-3,9-13-33)24(35)29-20-7-11-34(17-20)23-6-4-5-10-27-23/h4-6,10,14-15,20H,7-9,11-13,16-17H2,1-3H3,(H,29,35)(H,31,32)/t20-/m1/s1. The summed E-state index contributed by atoms with van der Waals surface area (Å²) in [5, 5.41) is 10.6. The Kier molecular flexibility index (Phi) is 6.86. The fourth-order valence-corrected chi connectivity index (χ4v) is 5.14. The van der Waals surface area contributed by atoms with E-state index in [1.165, 1.54) is 0 Å². The number of nitrogens with one attached hydrogen (secondary N) is 2. The van der Waals surface area contributed by atoms with Crippen molar-refractivity contribution in [2.45, 2.75) is 51.2 Å². The molecule has 0 aromatic carbocycles. The number of carbonyl (C=O) groups excluding carboxylic acids is 1. The van der Waals surface area contributed by atoms with Gasteiger partial charge in [-0.25, -0.2) is 15.0 Å². The number of carbonyl (C=O) groups is 1. The van der Waals surface area contributed by atoms with Crippen molar-refractivity contribution in [1.82, 2.24) is 30.5 Å². The lowest BCUT2D eigenvalue weighted by Gasteiger charge is -2.40. The molecule has 2 fully saturated rings. The highest BCUT2D eigenvalue weighted by atomic mass is 16.5. The number of ether oxygens (including phenoxy) is 1. The summed E-state index contributed by atoms with van der Waals surface area (Å²) < 4.78 is 5.86. The summed E-state index contributed by atoms with van der Waals surface area (Å²) in [4.78, 5) is 31.7. The zero-order valence-electron chi connectivity index (χ0n) is 21.2. The number of anilines is 2. The molecular formula is C26H34N8O2. The van der Waals surface area contributed by atoms with E-state index >= 15 is 0 Å². The van der Waals surface area contributed by atoms with Gasteiger partial charge in [-0.15, -0.1) is 0 Å². The van der Waals surface area contributed by atoms with Crippen LogP contribution in [0, 0.1) is 13.8 Å².